The zero-order valence-electron chi connectivity index (χ0n) is 31.5. The van der Waals surface area contributed by atoms with Crippen LogP contribution in [0, 0.1) is 0 Å². The fraction of sp³-hybridized carbons (Fsp3) is 0.118. The lowest BCUT2D eigenvalue weighted by Gasteiger charge is -2.22. The summed E-state index contributed by atoms with van der Waals surface area (Å²) in [4.78, 5) is 8.18. The van der Waals surface area contributed by atoms with Gasteiger partial charge in [-0.15, -0.1) is 0 Å². The summed E-state index contributed by atoms with van der Waals surface area (Å²) in [6.45, 7) is 0.576. The van der Waals surface area contributed by atoms with E-state index in [4.69, 9.17) is 4.99 Å². The zero-order valence-corrected chi connectivity index (χ0v) is 31.5. The molecule has 0 aliphatic carbocycles. The van der Waals surface area contributed by atoms with Crippen molar-refractivity contribution in [2.45, 2.75) is 24.5 Å². The maximum absolute atomic E-state index is 5.46. The maximum atomic E-state index is 5.46. The second-order valence-electron chi connectivity index (χ2n) is 15.6. The Kier molecular flexibility index (Phi) is 7.21. The number of hydrogen-bond acceptors (Lipinski definition) is 3. The Morgan fingerprint density at radius 3 is 1.77 bits per heavy atom. The summed E-state index contributed by atoms with van der Waals surface area (Å²) in [6.07, 6.45) is 2.53. The minimum absolute atomic E-state index is 0.000696. The second kappa shape index (κ2) is 12.6. The third-order valence-corrected chi connectivity index (χ3v) is 12.5. The summed E-state index contributed by atoms with van der Waals surface area (Å²) < 4.78 is 5.23. The van der Waals surface area contributed by atoms with Gasteiger partial charge in [0.15, 0.2) is 0 Å². The van der Waals surface area contributed by atoms with E-state index in [2.05, 4.69) is 201 Å². The van der Waals surface area contributed by atoms with Crippen LogP contribution in [0.25, 0.3) is 65.9 Å². The van der Waals surface area contributed by atoms with Crippen molar-refractivity contribution >= 4 is 49.4 Å². The highest BCUT2D eigenvalue weighted by atomic mass is 15.5. The Labute approximate surface area is 331 Å². The van der Waals surface area contributed by atoms with Crippen molar-refractivity contribution < 1.29 is 0 Å². The summed E-state index contributed by atoms with van der Waals surface area (Å²) in [6, 6.07) is 62.2. The van der Waals surface area contributed by atoms with Crippen LogP contribution in [-0.2, 0) is 0 Å². The molecule has 0 spiro atoms. The number of aromatic nitrogens is 2. The van der Waals surface area contributed by atoms with Gasteiger partial charge in [0, 0.05) is 27.1 Å². The maximum Gasteiger partial charge on any atom is 0.130 e. The number of amidine groups is 1. The SMILES string of the molecule is CNC(NC(=NCC1=CC2N3C1C3n1c3ccccc3c3ccc(cc31)-c1ccccc1-c1ccc3c4ccccc4n2c3c1)c1ccccc1)c1ccccc1. The molecule has 3 aliphatic heterocycles. The van der Waals surface area contributed by atoms with Gasteiger partial charge in [0.25, 0.3) is 0 Å². The molecule has 5 heterocycles. The average Bonchev–Trinajstić information content (AvgIpc) is 3.55. The Balaban J connectivity index is 1.08. The van der Waals surface area contributed by atoms with Crippen LogP contribution in [0.5, 0.6) is 0 Å². The first-order valence-electron chi connectivity index (χ1n) is 20.0. The molecule has 12 rings (SSSR count). The van der Waals surface area contributed by atoms with Crippen molar-refractivity contribution in [1.82, 2.24) is 24.7 Å². The normalized spacial score (nSPS) is 19.9. The van der Waals surface area contributed by atoms with E-state index >= 15 is 0 Å². The van der Waals surface area contributed by atoms with E-state index in [-0.39, 0.29) is 24.5 Å². The molecule has 5 atom stereocenters. The van der Waals surface area contributed by atoms with E-state index in [1.807, 2.05) is 7.05 Å². The van der Waals surface area contributed by atoms with E-state index < -0.39 is 0 Å². The second-order valence-corrected chi connectivity index (χ2v) is 15.6. The standard InChI is InChI=1S/C51H40N6/c1-52-49(32-14-4-2-5-15-32)54-50(33-16-6-3-7-17-33)53-31-36-30-47-55-43-22-12-10-20-39(43)41-26-24-34(28-45(41)55)37-18-8-9-19-38(37)35-25-27-42-40-21-11-13-23-44(40)56(46(42)29-35)51-48(36)57(47)51/h2-30,47-49,51-52H,31H2,1H3,(H,53,54). The van der Waals surface area contributed by atoms with Crippen molar-refractivity contribution in [2.75, 3.05) is 13.6 Å². The van der Waals surface area contributed by atoms with Crippen LogP contribution in [0.4, 0.5) is 0 Å². The largest absolute Gasteiger partial charge is 0.351 e. The number of aliphatic imine (C=N–C) groups is 1. The molecule has 1 saturated heterocycles. The zero-order chi connectivity index (χ0) is 37.6. The first kappa shape index (κ1) is 32.5. The molecule has 274 valence electrons. The molecule has 4 bridgehead atoms. The van der Waals surface area contributed by atoms with Gasteiger partial charge in [0.05, 0.1) is 34.7 Å². The van der Waals surface area contributed by atoms with Crippen molar-refractivity contribution in [2.24, 2.45) is 4.99 Å². The number of nitrogens with one attached hydrogen (secondary N) is 2. The number of benzene rings is 7. The van der Waals surface area contributed by atoms with Crippen LogP contribution in [0.2, 0.25) is 0 Å². The van der Waals surface area contributed by atoms with Crippen molar-refractivity contribution in [3.8, 4) is 22.3 Å². The molecule has 2 N–H and O–H groups in total. The first-order valence-corrected chi connectivity index (χ1v) is 20.0. The summed E-state index contributed by atoms with van der Waals surface area (Å²) in [5, 5.41) is 12.4. The van der Waals surface area contributed by atoms with E-state index in [0.717, 1.165) is 17.0 Å². The smallest absolute Gasteiger partial charge is 0.130 e. The highest BCUT2D eigenvalue weighted by molar-refractivity contribution is 6.11. The van der Waals surface area contributed by atoms with Gasteiger partial charge in [-0.2, -0.15) is 0 Å². The minimum Gasteiger partial charge on any atom is -0.351 e. The van der Waals surface area contributed by atoms with Gasteiger partial charge in [0.1, 0.15) is 24.3 Å². The number of para-hydroxylation sites is 2. The molecule has 0 saturated carbocycles. The number of fused-ring (bicyclic) bond motifs is 14. The highest BCUT2D eigenvalue weighted by Gasteiger charge is 2.59. The third-order valence-electron chi connectivity index (χ3n) is 12.5. The number of nitrogens with zero attached hydrogens (tertiary/aromatic N) is 4. The molecular formula is C51H40N6. The average molecular weight is 737 g/mol. The molecule has 57 heavy (non-hydrogen) atoms. The molecule has 2 aromatic heterocycles. The third kappa shape index (κ3) is 4.94. The van der Waals surface area contributed by atoms with Gasteiger partial charge >= 0.3 is 0 Å². The van der Waals surface area contributed by atoms with Gasteiger partial charge < -0.3 is 14.5 Å². The summed E-state index contributed by atoms with van der Waals surface area (Å²) >= 11 is 0. The first-order chi connectivity index (χ1) is 28.2. The summed E-state index contributed by atoms with van der Waals surface area (Å²) in [7, 11) is 1.99. The number of rotatable bonds is 6. The van der Waals surface area contributed by atoms with Crippen LogP contribution >= 0.6 is 0 Å². The summed E-state index contributed by atoms with van der Waals surface area (Å²) in [5.74, 6) is 0.874. The van der Waals surface area contributed by atoms with Crippen molar-refractivity contribution in [3.63, 3.8) is 0 Å². The summed E-state index contributed by atoms with van der Waals surface area (Å²) in [5.41, 5.74) is 13.5. The van der Waals surface area contributed by atoms with E-state index in [1.165, 1.54) is 71.4 Å². The Hall–Kier alpha value is -6.73. The van der Waals surface area contributed by atoms with Crippen molar-refractivity contribution in [1.29, 1.82) is 0 Å². The molecular weight excluding hydrogens is 697 g/mol. The van der Waals surface area contributed by atoms with Gasteiger partial charge in [-0.3, -0.25) is 10.3 Å². The fourth-order valence-electron chi connectivity index (χ4n) is 9.93. The van der Waals surface area contributed by atoms with Gasteiger partial charge in [-0.1, -0.05) is 146 Å². The predicted molar refractivity (Wildman–Crippen MR) is 234 cm³/mol. The fourth-order valence-corrected chi connectivity index (χ4v) is 9.93. The molecule has 6 heteroatoms. The topological polar surface area (TPSA) is 49.3 Å². The molecule has 7 aromatic carbocycles. The minimum atomic E-state index is -0.0992. The van der Waals surface area contributed by atoms with Crippen molar-refractivity contribution in [3.05, 3.63) is 193 Å². The predicted octanol–water partition coefficient (Wildman–Crippen LogP) is 10.8. The monoisotopic (exact) mass is 736 g/mol. The molecule has 1 fully saturated rings. The van der Waals surface area contributed by atoms with Crippen LogP contribution in [0.3, 0.4) is 0 Å². The van der Waals surface area contributed by atoms with Crippen LogP contribution in [0.15, 0.2) is 186 Å². The van der Waals surface area contributed by atoms with Gasteiger partial charge in [-0.05, 0) is 70.8 Å². The molecule has 3 aliphatic rings. The van der Waals surface area contributed by atoms with Crippen LogP contribution in [0.1, 0.15) is 29.6 Å². The lowest BCUT2D eigenvalue weighted by molar-refractivity contribution is 0.338. The number of hydrogen-bond donors (Lipinski definition) is 2. The Morgan fingerprint density at radius 2 is 1.12 bits per heavy atom. The van der Waals surface area contributed by atoms with Gasteiger partial charge in [0.2, 0.25) is 0 Å². The van der Waals surface area contributed by atoms with Gasteiger partial charge in [-0.25, -0.2) is 4.90 Å². The van der Waals surface area contributed by atoms with Crippen LogP contribution < -0.4 is 10.6 Å². The molecule has 5 unspecified atom stereocenters. The van der Waals surface area contributed by atoms with E-state index in [1.54, 1.807) is 0 Å². The molecule has 9 aromatic rings. The lowest BCUT2D eigenvalue weighted by atomic mass is 9.93. The van der Waals surface area contributed by atoms with E-state index in [0.29, 0.717) is 6.54 Å². The Morgan fingerprint density at radius 1 is 0.579 bits per heavy atom. The van der Waals surface area contributed by atoms with E-state index in [9.17, 15) is 0 Å². The Bertz CT molecular complexity index is 3100. The molecule has 0 amide bonds. The molecule has 6 nitrogen and oxygen atoms in total. The van der Waals surface area contributed by atoms with Crippen LogP contribution in [-0.4, -0.2) is 39.5 Å². The lowest BCUT2D eigenvalue weighted by Crippen LogP contribution is -2.37. The highest BCUT2D eigenvalue weighted by Crippen LogP contribution is 2.58. The molecule has 0 radical (unpaired) electrons. The quantitative estimate of drug-likeness (QED) is 0.0588.